The van der Waals surface area contributed by atoms with Gasteiger partial charge in [0.25, 0.3) is 6.47 Å². The molecule has 1 aliphatic rings. The van der Waals surface area contributed by atoms with Gasteiger partial charge in [-0.25, -0.2) is 9.97 Å². The summed E-state index contributed by atoms with van der Waals surface area (Å²) in [6.07, 6.45) is 5.66. The minimum atomic E-state index is 0.253. The summed E-state index contributed by atoms with van der Waals surface area (Å²) in [5.74, 6) is 0.882. The largest absolute Gasteiger partial charge is 0.467 e. The van der Waals surface area contributed by atoms with Crippen LogP contribution in [0, 0.1) is 5.92 Å². The van der Waals surface area contributed by atoms with E-state index in [9.17, 15) is 4.79 Å². The molecule has 1 aromatic rings. The Morgan fingerprint density at radius 3 is 3.07 bits per heavy atom. The van der Waals surface area contributed by atoms with E-state index in [1.54, 1.807) is 6.20 Å². The van der Waals surface area contributed by atoms with Crippen molar-refractivity contribution in [2.45, 2.75) is 18.8 Å². The number of rotatable bonds is 5. The summed E-state index contributed by atoms with van der Waals surface area (Å²) in [5, 5.41) is 0. The maximum atomic E-state index is 10.1. The van der Waals surface area contributed by atoms with Crippen LogP contribution in [0.3, 0.4) is 0 Å². The van der Waals surface area contributed by atoms with Crippen molar-refractivity contribution in [3.8, 4) is 0 Å². The lowest BCUT2D eigenvalue weighted by Crippen LogP contribution is -2.11. The van der Waals surface area contributed by atoms with Crippen molar-refractivity contribution in [1.82, 2.24) is 9.97 Å². The van der Waals surface area contributed by atoms with Crippen molar-refractivity contribution in [3.63, 3.8) is 0 Å². The first kappa shape index (κ1) is 9.12. The Labute approximate surface area is 82.3 Å². The van der Waals surface area contributed by atoms with Gasteiger partial charge in [-0.05, 0) is 24.8 Å². The number of ether oxygens (including phenoxy) is 1. The summed E-state index contributed by atoms with van der Waals surface area (Å²) in [7, 11) is 0. The quantitative estimate of drug-likeness (QED) is 0.656. The van der Waals surface area contributed by atoms with Crippen LogP contribution in [0.15, 0.2) is 18.6 Å². The van der Waals surface area contributed by atoms with Crippen LogP contribution in [0.1, 0.15) is 24.5 Å². The van der Waals surface area contributed by atoms with Crippen LogP contribution in [-0.4, -0.2) is 23.0 Å². The Balaban J connectivity index is 2.06. The number of carbonyl (C=O) groups is 1. The van der Waals surface area contributed by atoms with Crippen LogP contribution < -0.4 is 0 Å². The molecule has 1 atom stereocenters. The zero-order valence-corrected chi connectivity index (χ0v) is 7.80. The first-order valence-corrected chi connectivity index (χ1v) is 4.73. The van der Waals surface area contributed by atoms with E-state index in [-0.39, 0.29) is 5.92 Å². The average molecular weight is 192 g/mol. The van der Waals surface area contributed by atoms with Gasteiger partial charge in [0.05, 0.1) is 12.3 Å². The molecule has 0 amide bonds. The Bertz CT molecular complexity index is 298. The third-order valence-electron chi connectivity index (χ3n) is 2.52. The lowest BCUT2D eigenvalue weighted by atomic mass is 10.0. The summed E-state index contributed by atoms with van der Waals surface area (Å²) >= 11 is 0. The molecule has 4 nitrogen and oxygen atoms in total. The molecular weight excluding hydrogens is 180 g/mol. The van der Waals surface area contributed by atoms with Crippen molar-refractivity contribution in [2.75, 3.05) is 6.61 Å². The molecule has 0 radical (unpaired) electrons. The van der Waals surface area contributed by atoms with Gasteiger partial charge < -0.3 is 4.74 Å². The van der Waals surface area contributed by atoms with Crippen LogP contribution in [-0.2, 0) is 9.53 Å². The zero-order valence-electron chi connectivity index (χ0n) is 7.80. The molecule has 0 N–H and O–H groups in total. The molecule has 2 rings (SSSR count). The smallest absolute Gasteiger partial charge is 0.293 e. The summed E-state index contributed by atoms with van der Waals surface area (Å²) in [6.45, 7) is 0.932. The third kappa shape index (κ3) is 2.07. The van der Waals surface area contributed by atoms with Crippen LogP contribution in [0.25, 0.3) is 0 Å². The highest BCUT2D eigenvalue weighted by Crippen LogP contribution is 2.41. The molecule has 0 aromatic carbocycles. The molecule has 74 valence electrons. The monoisotopic (exact) mass is 192 g/mol. The molecule has 0 saturated heterocycles. The summed E-state index contributed by atoms with van der Waals surface area (Å²) < 4.78 is 4.81. The lowest BCUT2D eigenvalue weighted by Gasteiger charge is -2.13. The van der Waals surface area contributed by atoms with Crippen molar-refractivity contribution in [3.05, 3.63) is 24.3 Å². The van der Waals surface area contributed by atoms with E-state index in [0.29, 0.717) is 19.0 Å². The lowest BCUT2D eigenvalue weighted by molar-refractivity contribution is -0.129. The van der Waals surface area contributed by atoms with Gasteiger partial charge >= 0.3 is 0 Å². The standard InChI is InChI=1S/C10H12N2O2/c13-7-14-5-9(8-1-2-8)10-3-4-11-6-12-10/h3-4,6-9H,1-2,5H2. The van der Waals surface area contributed by atoms with Gasteiger partial charge in [0.15, 0.2) is 0 Å². The number of nitrogens with zero attached hydrogens (tertiary/aromatic N) is 2. The maximum Gasteiger partial charge on any atom is 0.293 e. The molecule has 1 aromatic heterocycles. The first-order chi connectivity index (χ1) is 6.92. The zero-order chi connectivity index (χ0) is 9.80. The fourth-order valence-electron chi connectivity index (χ4n) is 1.62. The van der Waals surface area contributed by atoms with Crippen LogP contribution >= 0.6 is 0 Å². The van der Waals surface area contributed by atoms with Crippen molar-refractivity contribution in [1.29, 1.82) is 0 Å². The molecule has 0 aliphatic heterocycles. The molecule has 1 aliphatic carbocycles. The first-order valence-electron chi connectivity index (χ1n) is 4.73. The van der Waals surface area contributed by atoms with E-state index in [0.717, 1.165) is 5.69 Å². The average Bonchev–Trinajstić information content (AvgIpc) is 3.04. The molecule has 14 heavy (non-hydrogen) atoms. The molecule has 0 bridgehead atoms. The Morgan fingerprint density at radius 1 is 1.64 bits per heavy atom. The van der Waals surface area contributed by atoms with Crippen molar-refractivity contribution >= 4 is 6.47 Å². The third-order valence-corrected chi connectivity index (χ3v) is 2.52. The van der Waals surface area contributed by atoms with Crippen LogP contribution in [0.4, 0.5) is 0 Å². The molecule has 1 heterocycles. The molecule has 0 spiro atoms. The van der Waals surface area contributed by atoms with Gasteiger partial charge in [0.2, 0.25) is 0 Å². The summed E-state index contributed by atoms with van der Waals surface area (Å²) in [5.41, 5.74) is 0.976. The molecule has 1 fully saturated rings. The number of aromatic nitrogens is 2. The second kappa shape index (κ2) is 4.17. The molecule has 4 heteroatoms. The summed E-state index contributed by atoms with van der Waals surface area (Å²) in [6, 6.07) is 1.89. The topological polar surface area (TPSA) is 52.1 Å². The molecule has 1 unspecified atom stereocenters. The van der Waals surface area contributed by atoms with Crippen molar-refractivity contribution in [2.24, 2.45) is 5.92 Å². The van der Waals surface area contributed by atoms with Gasteiger partial charge in [-0.3, -0.25) is 4.79 Å². The van der Waals surface area contributed by atoms with Crippen molar-refractivity contribution < 1.29 is 9.53 Å². The highest BCUT2D eigenvalue weighted by atomic mass is 16.5. The second-order valence-corrected chi connectivity index (χ2v) is 3.51. The van der Waals surface area contributed by atoms with Gasteiger partial charge in [-0.1, -0.05) is 0 Å². The van der Waals surface area contributed by atoms with Gasteiger partial charge in [0, 0.05) is 12.1 Å². The predicted molar refractivity (Wildman–Crippen MR) is 49.5 cm³/mol. The molecular formula is C10H12N2O2. The van der Waals surface area contributed by atoms with Gasteiger partial charge in [-0.15, -0.1) is 0 Å². The minimum absolute atomic E-state index is 0.253. The summed E-state index contributed by atoms with van der Waals surface area (Å²) in [4.78, 5) is 18.2. The van der Waals surface area contributed by atoms with E-state index < -0.39 is 0 Å². The Hall–Kier alpha value is -1.45. The van der Waals surface area contributed by atoms with Crippen LogP contribution in [0.5, 0.6) is 0 Å². The highest BCUT2D eigenvalue weighted by Gasteiger charge is 2.33. The molecule has 1 saturated carbocycles. The van der Waals surface area contributed by atoms with Crippen LogP contribution in [0.2, 0.25) is 0 Å². The van der Waals surface area contributed by atoms with E-state index >= 15 is 0 Å². The SMILES string of the molecule is O=COCC(c1ccncn1)C1CC1. The number of carbonyl (C=O) groups excluding carboxylic acids is 1. The maximum absolute atomic E-state index is 10.1. The fourth-order valence-corrected chi connectivity index (χ4v) is 1.62. The predicted octanol–water partition coefficient (Wildman–Crippen LogP) is 1.14. The number of hydrogen-bond donors (Lipinski definition) is 0. The van der Waals surface area contributed by atoms with E-state index in [2.05, 4.69) is 9.97 Å². The van der Waals surface area contributed by atoms with E-state index in [1.165, 1.54) is 19.2 Å². The second-order valence-electron chi connectivity index (χ2n) is 3.51. The van der Waals surface area contributed by atoms with Gasteiger partial charge in [-0.2, -0.15) is 0 Å². The number of hydrogen-bond acceptors (Lipinski definition) is 4. The van der Waals surface area contributed by atoms with E-state index in [1.807, 2.05) is 6.07 Å². The van der Waals surface area contributed by atoms with E-state index in [4.69, 9.17) is 4.74 Å². The fraction of sp³-hybridized carbons (Fsp3) is 0.500. The van der Waals surface area contributed by atoms with Gasteiger partial charge in [0.1, 0.15) is 6.33 Å². The Kier molecular flexibility index (Phi) is 2.72. The Morgan fingerprint density at radius 2 is 2.50 bits per heavy atom. The normalized spacial score (nSPS) is 17.4. The minimum Gasteiger partial charge on any atom is -0.467 e. The highest BCUT2D eigenvalue weighted by molar-refractivity contribution is 5.37.